The Morgan fingerprint density at radius 3 is 2.50 bits per heavy atom. The van der Waals surface area contributed by atoms with Crippen LogP contribution in [0.15, 0.2) is 54.6 Å². The second kappa shape index (κ2) is 6.71. The van der Waals surface area contributed by atoms with Gasteiger partial charge in [-0.3, -0.25) is 0 Å². The first-order valence-electron chi connectivity index (χ1n) is 9.62. The van der Waals surface area contributed by atoms with Crippen molar-refractivity contribution >= 4 is 28.1 Å². The van der Waals surface area contributed by atoms with Crippen molar-refractivity contribution in [2.45, 2.75) is 6.92 Å². The van der Waals surface area contributed by atoms with Crippen molar-refractivity contribution in [2.75, 3.05) is 43.1 Å². The molecule has 2 aromatic heterocycles. The quantitative estimate of drug-likeness (QED) is 0.550. The van der Waals surface area contributed by atoms with E-state index in [1.165, 1.54) is 5.69 Å². The molecule has 6 heteroatoms. The molecule has 5 rings (SSSR count). The van der Waals surface area contributed by atoms with Crippen LogP contribution in [0.1, 0.15) is 5.69 Å². The second-order valence-electron chi connectivity index (χ2n) is 7.18. The van der Waals surface area contributed by atoms with Crippen LogP contribution in [0.25, 0.3) is 16.6 Å². The van der Waals surface area contributed by atoms with Gasteiger partial charge in [0, 0.05) is 49.4 Å². The average molecular weight is 373 g/mol. The Kier molecular flexibility index (Phi) is 4.04. The summed E-state index contributed by atoms with van der Waals surface area (Å²) in [5.41, 5.74) is 4.20. The van der Waals surface area contributed by atoms with Crippen LogP contribution in [0.4, 0.5) is 11.5 Å². The first kappa shape index (κ1) is 16.9. The van der Waals surface area contributed by atoms with E-state index in [4.69, 9.17) is 9.72 Å². The molecule has 0 aliphatic carbocycles. The fourth-order valence-corrected chi connectivity index (χ4v) is 3.98. The fraction of sp³-hybridized carbons (Fsp3) is 0.273. The molecule has 3 heterocycles. The zero-order valence-corrected chi connectivity index (χ0v) is 16.2. The molecule has 1 aliphatic rings. The van der Waals surface area contributed by atoms with Gasteiger partial charge < -0.3 is 14.5 Å². The molecule has 0 atom stereocenters. The fourth-order valence-electron chi connectivity index (χ4n) is 3.98. The summed E-state index contributed by atoms with van der Waals surface area (Å²) in [6, 6.07) is 18.7. The van der Waals surface area contributed by atoms with Crippen LogP contribution in [0.5, 0.6) is 5.75 Å². The first-order valence-corrected chi connectivity index (χ1v) is 9.62. The SMILES string of the molecule is COc1cccc(N2CCN(c3nc4cc(C)nn4c4ccccc34)CC2)c1. The number of rotatable bonds is 3. The van der Waals surface area contributed by atoms with Gasteiger partial charge in [-0.05, 0) is 31.2 Å². The highest BCUT2D eigenvalue weighted by atomic mass is 16.5. The molecule has 0 amide bonds. The summed E-state index contributed by atoms with van der Waals surface area (Å²) in [6.07, 6.45) is 0. The van der Waals surface area contributed by atoms with Gasteiger partial charge in [-0.15, -0.1) is 0 Å². The average Bonchev–Trinajstić information content (AvgIpc) is 3.14. The van der Waals surface area contributed by atoms with Gasteiger partial charge in [-0.1, -0.05) is 18.2 Å². The molecule has 0 radical (unpaired) electrons. The van der Waals surface area contributed by atoms with Crippen LogP contribution >= 0.6 is 0 Å². The topological polar surface area (TPSA) is 45.9 Å². The van der Waals surface area contributed by atoms with Gasteiger partial charge in [0.05, 0.1) is 18.3 Å². The number of hydrogen-bond donors (Lipinski definition) is 0. The summed E-state index contributed by atoms with van der Waals surface area (Å²) in [5, 5.41) is 5.76. The molecular formula is C22H23N5O. The molecule has 4 aromatic rings. The van der Waals surface area contributed by atoms with Crippen molar-refractivity contribution in [3.63, 3.8) is 0 Å². The van der Waals surface area contributed by atoms with E-state index < -0.39 is 0 Å². The number of aryl methyl sites for hydroxylation is 1. The van der Waals surface area contributed by atoms with Crippen molar-refractivity contribution < 1.29 is 4.74 Å². The normalized spacial score (nSPS) is 14.8. The van der Waals surface area contributed by atoms with Gasteiger partial charge in [-0.2, -0.15) is 5.10 Å². The molecule has 2 aromatic carbocycles. The van der Waals surface area contributed by atoms with Gasteiger partial charge in [0.1, 0.15) is 11.6 Å². The van der Waals surface area contributed by atoms with Crippen LogP contribution in [0.2, 0.25) is 0 Å². The molecule has 28 heavy (non-hydrogen) atoms. The maximum atomic E-state index is 5.37. The minimum atomic E-state index is 0.897. The number of methoxy groups -OCH3 is 1. The van der Waals surface area contributed by atoms with Crippen molar-refractivity contribution in [3.05, 3.63) is 60.3 Å². The van der Waals surface area contributed by atoms with Crippen molar-refractivity contribution in [1.82, 2.24) is 14.6 Å². The van der Waals surface area contributed by atoms with Crippen LogP contribution in [0, 0.1) is 6.92 Å². The summed E-state index contributed by atoms with van der Waals surface area (Å²) in [7, 11) is 1.71. The molecule has 142 valence electrons. The van der Waals surface area contributed by atoms with Crippen molar-refractivity contribution in [1.29, 1.82) is 0 Å². The predicted molar refractivity (Wildman–Crippen MR) is 113 cm³/mol. The van der Waals surface area contributed by atoms with E-state index in [2.05, 4.69) is 51.3 Å². The molecule has 1 fully saturated rings. The highest BCUT2D eigenvalue weighted by Crippen LogP contribution is 2.28. The number of benzene rings is 2. The Labute approximate surface area is 164 Å². The van der Waals surface area contributed by atoms with Crippen LogP contribution in [-0.2, 0) is 0 Å². The molecule has 0 unspecified atom stereocenters. The van der Waals surface area contributed by atoms with Crippen LogP contribution in [-0.4, -0.2) is 47.9 Å². The van der Waals surface area contributed by atoms with E-state index in [-0.39, 0.29) is 0 Å². The van der Waals surface area contributed by atoms with Gasteiger partial charge in [-0.25, -0.2) is 9.50 Å². The monoisotopic (exact) mass is 373 g/mol. The lowest BCUT2D eigenvalue weighted by Gasteiger charge is -2.37. The molecule has 0 N–H and O–H groups in total. The first-order chi connectivity index (χ1) is 13.7. The number of ether oxygens (including phenoxy) is 1. The molecule has 1 saturated heterocycles. The van der Waals surface area contributed by atoms with E-state index in [9.17, 15) is 0 Å². The Morgan fingerprint density at radius 2 is 1.68 bits per heavy atom. The van der Waals surface area contributed by atoms with Crippen molar-refractivity contribution in [3.8, 4) is 5.75 Å². The lowest BCUT2D eigenvalue weighted by atomic mass is 10.2. The third-order valence-electron chi connectivity index (χ3n) is 5.40. The summed E-state index contributed by atoms with van der Waals surface area (Å²) in [4.78, 5) is 9.76. The summed E-state index contributed by atoms with van der Waals surface area (Å²) in [6.45, 7) is 5.77. The highest BCUT2D eigenvalue weighted by Gasteiger charge is 2.21. The number of anilines is 2. The Hall–Kier alpha value is -3.28. The maximum Gasteiger partial charge on any atom is 0.158 e. The summed E-state index contributed by atoms with van der Waals surface area (Å²) in [5.74, 6) is 1.95. The molecule has 6 nitrogen and oxygen atoms in total. The lowest BCUT2D eigenvalue weighted by molar-refractivity contribution is 0.414. The minimum Gasteiger partial charge on any atom is -0.497 e. The molecule has 1 aliphatic heterocycles. The summed E-state index contributed by atoms with van der Waals surface area (Å²) < 4.78 is 7.32. The molecule has 0 spiro atoms. The van der Waals surface area contributed by atoms with Gasteiger partial charge in [0.2, 0.25) is 0 Å². The molecule has 0 bridgehead atoms. The number of nitrogens with zero attached hydrogens (tertiary/aromatic N) is 5. The smallest absolute Gasteiger partial charge is 0.158 e. The maximum absolute atomic E-state index is 5.37. The summed E-state index contributed by atoms with van der Waals surface area (Å²) >= 11 is 0. The van der Waals surface area contributed by atoms with Crippen LogP contribution < -0.4 is 14.5 Å². The highest BCUT2D eigenvalue weighted by molar-refractivity contribution is 5.91. The predicted octanol–water partition coefficient (Wildman–Crippen LogP) is 3.53. The largest absolute Gasteiger partial charge is 0.497 e. The van der Waals surface area contributed by atoms with E-state index >= 15 is 0 Å². The second-order valence-corrected chi connectivity index (χ2v) is 7.18. The number of aromatic nitrogens is 3. The lowest BCUT2D eigenvalue weighted by Crippen LogP contribution is -2.47. The third kappa shape index (κ3) is 2.81. The zero-order valence-electron chi connectivity index (χ0n) is 16.2. The van der Waals surface area contributed by atoms with E-state index in [0.717, 1.165) is 60.0 Å². The van der Waals surface area contributed by atoms with Crippen molar-refractivity contribution in [2.24, 2.45) is 0 Å². The number of hydrogen-bond acceptors (Lipinski definition) is 5. The Bertz CT molecular complexity index is 1140. The van der Waals surface area contributed by atoms with E-state index in [1.807, 2.05) is 29.6 Å². The standard InChI is InChI=1S/C22H23N5O/c1-16-14-21-23-22(19-8-3-4-9-20(19)27(21)24-16)26-12-10-25(11-13-26)17-6-5-7-18(15-17)28-2/h3-9,14-15H,10-13H2,1-2H3. The van der Waals surface area contributed by atoms with Gasteiger partial charge in [0.15, 0.2) is 5.65 Å². The van der Waals surface area contributed by atoms with Gasteiger partial charge in [0.25, 0.3) is 0 Å². The third-order valence-corrected chi connectivity index (χ3v) is 5.40. The van der Waals surface area contributed by atoms with Gasteiger partial charge >= 0.3 is 0 Å². The Morgan fingerprint density at radius 1 is 0.893 bits per heavy atom. The number of para-hydroxylation sites is 1. The Balaban J connectivity index is 1.46. The number of fused-ring (bicyclic) bond motifs is 3. The van der Waals surface area contributed by atoms with E-state index in [1.54, 1.807) is 7.11 Å². The van der Waals surface area contributed by atoms with Crippen LogP contribution in [0.3, 0.4) is 0 Å². The minimum absolute atomic E-state index is 0.897. The zero-order chi connectivity index (χ0) is 19.1. The molecule has 0 saturated carbocycles. The molecular weight excluding hydrogens is 350 g/mol. The van der Waals surface area contributed by atoms with E-state index in [0.29, 0.717) is 0 Å². The number of piperazine rings is 1.